The zero-order valence-electron chi connectivity index (χ0n) is 8.28. The normalized spacial score (nSPS) is 11.8. The lowest BCUT2D eigenvalue weighted by atomic mass is 9.88. The molecule has 0 nitrogen and oxygen atoms in total. The Kier molecular flexibility index (Phi) is 3.96. The van der Waals surface area contributed by atoms with E-state index in [2.05, 4.69) is 29.8 Å². The van der Waals surface area contributed by atoms with Crippen LogP contribution in [0.2, 0.25) is 5.02 Å². The fraction of sp³-hybridized carbons (Fsp3) is 0.455. The van der Waals surface area contributed by atoms with Gasteiger partial charge in [0.05, 0.1) is 5.02 Å². The summed E-state index contributed by atoms with van der Waals surface area (Å²) in [5.74, 6) is -0.355. The van der Waals surface area contributed by atoms with Gasteiger partial charge in [-0.1, -0.05) is 47.4 Å². The second kappa shape index (κ2) is 4.63. The van der Waals surface area contributed by atoms with Gasteiger partial charge < -0.3 is 0 Å². The fourth-order valence-electron chi connectivity index (χ4n) is 1.25. The molecule has 0 N–H and O–H groups in total. The van der Waals surface area contributed by atoms with E-state index in [1.54, 1.807) is 12.1 Å². The highest BCUT2D eigenvalue weighted by atomic mass is 79.9. The standard InChI is InChI=1S/C11H13BrClF/c1-11(2,7-12)6-8-3-4-10(14)9(13)5-8/h3-5H,6-7H2,1-2H3. The van der Waals surface area contributed by atoms with Gasteiger partial charge in [-0.2, -0.15) is 0 Å². The first-order valence-electron chi connectivity index (χ1n) is 4.44. The van der Waals surface area contributed by atoms with Crippen LogP contribution in [0.5, 0.6) is 0 Å². The molecule has 0 radical (unpaired) electrons. The van der Waals surface area contributed by atoms with E-state index in [1.165, 1.54) is 6.07 Å². The highest BCUT2D eigenvalue weighted by molar-refractivity contribution is 9.09. The summed E-state index contributed by atoms with van der Waals surface area (Å²) >= 11 is 9.15. The van der Waals surface area contributed by atoms with Crippen molar-refractivity contribution in [2.24, 2.45) is 5.41 Å². The van der Waals surface area contributed by atoms with E-state index in [0.717, 1.165) is 17.3 Å². The summed E-state index contributed by atoms with van der Waals surface area (Å²) in [6.07, 6.45) is 0.887. The van der Waals surface area contributed by atoms with Gasteiger partial charge in [-0.3, -0.25) is 0 Å². The van der Waals surface area contributed by atoms with Crippen molar-refractivity contribution in [1.82, 2.24) is 0 Å². The number of alkyl halides is 1. The predicted molar refractivity (Wildman–Crippen MR) is 62.7 cm³/mol. The van der Waals surface area contributed by atoms with Gasteiger partial charge >= 0.3 is 0 Å². The molecule has 0 aliphatic carbocycles. The Balaban J connectivity index is 2.83. The first-order valence-corrected chi connectivity index (χ1v) is 5.94. The van der Waals surface area contributed by atoms with Gasteiger partial charge in [0.15, 0.2) is 0 Å². The molecule has 0 fully saturated rings. The van der Waals surface area contributed by atoms with Crippen LogP contribution >= 0.6 is 27.5 Å². The van der Waals surface area contributed by atoms with Crippen LogP contribution in [0.25, 0.3) is 0 Å². The minimum atomic E-state index is -0.355. The Labute approximate surface area is 97.6 Å². The first-order chi connectivity index (χ1) is 6.44. The quantitative estimate of drug-likeness (QED) is 0.718. The van der Waals surface area contributed by atoms with Crippen molar-refractivity contribution in [2.45, 2.75) is 20.3 Å². The number of halogens is 3. The molecule has 0 heterocycles. The summed E-state index contributed by atoms with van der Waals surface area (Å²) in [4.78, 5) is 0. The van der Waals surface area contributed by atoms with Crippen LogP contribution in [0.4, 0.5) is 4.39 Å². The minimum absolute atomic E-state index is 0.168. The summed E-state index contributed by atoms with van der Waals surface area (Å²) in [6, 6.07) is 4.90. The predicted octanol–water partition coefficient (Wildman–Crippen LogP) is 4.44. The molecule has 0 aliphatic rings. The lowest BCUT2D eigenvalue weighted by Crippen LogP contribution is -2.16. The molecule has 0 saturated carbocycles. The average molecular weight is 280 g/mol. The lowest BCUT2D eigenvalue weighted by molar-refractivity contribution is 0.424. The number of hydrogen-bond acceptors (Lipinski definition) is 0. The van der Waals surface area contributed by atoms with E-state index in [9.17, 15) is 4.39 Å². The molecular weight excluding hydrogens is 266 g/mol. The maximum absolute atomic E-state index is 12.9. The SMILES string of the molecule is CC(C)(CBr)Cc1ccc(F)c(Cl)c1. The summed E-state index contributed by atoms with van der Waals surface area (Å²) in [5.41, 5.74) is 1.24. The van der Waals surface area contributed by atoms with Crippen molar-refractivity contribution in [3.05, 3.63) is 34.6 Å². The third-order valence-corrected chi connectivity index (χ3v) is 3.84. The molecule has 14 heavy (non-hydrogen) atoms. The maximum atomic E-state index is 12.9. The van der Waals surface area contributed by atoms with Gasteiger partial charge in [0, 0.05) is 5.33 Å². The molecule has 1 aromatic rings. The van der Waals surface area contributed by atoms with Gasteiger partial charge in [0.1, 0.15) is 5.82 Å². The van der Waals surface area contributed by atoms with Gasteiger partial charge in [-0.05, 0) is 29.5 Å². The Bertz CT molecular complexity index is 323. The molecule has 3 heteroatoms. The molecule has 0 saturated heterocycles. The minimum Gasteiger partial charge on any atom is -0.205 e. The molecule has 1 rings (SSSR count). The highest BCUT2D eigenvalue weighted by Gasteiger charge is 2.17. The molecule has 0 bridgehead atoms. The van der Waals surface area contributed by atoms with Crippen molar-refractivity contribution in [1.29, 1.82) is 0 Å². The Morgan fingerprint density at radius 2 is 2.07 bits per heavy atom. The number of benzene rings is 1. The highest BCUT2D eigenvalue weighted by Crippen LogP contribution is 2.26. The van der Waals surface area contributed by atoms with E-state index in [4.69, 9.17) is 11.6 Å². The van der Waals surface area contributed by atoms with Crippen LogP contribution in [-0.4, -0.2) is 5.33 Å². The van der Waals surface area contributed by atoms with E-state index in [0.29, 0.717) is 0 Å². The van der Waals surface area contributed by atoms with Gasteiger partial charge in [-0.15, -0.1) is 0 Å². The smallest absolute Gasteiger partial charge is 0.141 e. The van der Waals surface area contributed by atoms with Crippen molar-refractivity contribution < 1.29 is 4.39 Å². The Hall–Kier alpha value is -0.0800. The van der Waals surface area contributed by atoms with E-state index in [-0.39, 0.29) is 16.3 Å². The van der Waals surface area contributed by atoms with Crippen molar-refractivity contribution >= 4 is 27.5 Å². The average Bonchev–Trinajstić information content (AvgIpc) is 2.11. The Morgan fingerprint density at radius 1 is 1.43 bits per heavy atom. The number of hydrogen-bond donors (Lipinski definition) is 0. The molecule has 0 spiro atoms. The fourth-order valence-corrected chi connectivity index (χ4v) is 1.65. The molecule has 0 aliphatic heterocycles. The molecule has 0 amide bonds. The van der Waals surface area contributed by atoms with Crippen LogP contribution in [0.3, 0.4) is 0 Å². The largest absolute Gasteiger partial charge is 0.205 e. The van der Waals surface area contributed by atoms with Gasteiger partial charge in [0.25, 0.3) is 0 Å². The van der Waals surface area contributed by atoms with E-state index >= 15 is 0 Å². The van der Waals surface area contributed by atoms with Crippen LogP contribution in [0.1, 0.15) is 19.4 Å². The molecule has 78 valence electrons. The monoisotopic (exact) mass is 278 g/mol. The van der Waals surface area contributed by atoms with Gasteiger partial charge in [-0.25, -0.2) is 4.39 Å². The second-order valence-corrected chi connectivity index (χ2v) is 5.19. The molecule has 1 aromatic carbocycles. The maximum Gasteiger partial charge on any atom is 0.141 e. The van der Waals surface area contributed by atoms with Crippen LogP contribution < -0.4 is 0 Å². The van der Waals surface area contributed by atoms with Crippen molar-refractivity contribution in [3.63, 3.8) is 0 Å². The van der Waals surface area contributed by atoms with Crippen LogP contribution in [0, 0.1) is 11.2 Å². The topological polar surface area (TPSA) is 0 Å². The van der Waals surface area contributed by atoms with Crippen molar-refractivity contribution in [2.75, 3.05) is 5.33 Å². The molecule has 0 unspecified atom stereocenters. The van der Waals surface area contributed by atoms with Crippen LogP contribution in [0.15, 0.2) is 18.2 Å². The number of rotatable bonds is 3. The molecule has 0 atom stereocenters. The lowest BCUT2D eigenvalue weighted by Gasteiger charge is -2.21. The van der Waals surface area contributed by atoms with E-state index in [1.807, 2.05) is 0 Å². The summed E-state index contributed by atoms with van der Waals surface area (Å²) < 4.78 is 12.9. The Morgan fingerprint density at radius 3 is 2.57 bits per heavy atom. The zero-order valence-corrected chi connectivity index (χ0v) is 10.6. The molecular formula is C11H13BrClF. The van der Waals surface area contributed by atoms with Crippen molar-refractivity contribution in [3.8, 4) is 0 Å². The first kappa shape index (κ1) is 12.0. The van der Waals surface area contributed by atoms with Crippen LogP contribution in [-0.2, 0) is 6.42 Å². The summed E-state index contributed by atoms with van der Waals surface area (Å²) in [7, 11) is 0. The molecule has 0 aromatic heterocycles. The zero-order chi connectivity index (χ0) is 10.8. The summed E-state index contributed by atoms with van der Waals surface area (Å²) in [6.45, 7) is 4.30. The summed E-state index contributed by atoms with van der Waals surface area (Å²) in [5, 5.41) is 1.11. The van der Waals surface area contributed by atoms with Gasteiger partial charge in [0.2, 0.25) is 0 Å². The third-order valence-electron chi connectivity index (χ3n) is 2.03. The third kappa shape index (κ3) is 3.25. The second-order valence-electron chi connectivity index (χ2n) is 4.22. The van der Waals surface area contributed by atoms with E-state index < -0.39 is 0 Å².